The lowest BCUT2D eigenvalue weighted by atomic mass is 10.0. The van der Waals surface area contributed by atoms with Gasteiger partial charge in [0.25, 0.3) is 0 Å². The van der Waals surface area contributed by atoms with E-state index in [2.05, 4.69) is 10.2 Å². The van der Waals surface area contributed by atoms with Gasteiger partial charge in [0, 0.05) is 38.3 Å². The third-order valence-electron chi connectivity index (χ3n) is 3.47. The summed E-state index contributed by atoms with van der Waals surface area (Å²) in [6, 6.07) is 2.66. The molecule has 1 atom stereocenters. The molecule has 104 valence electrons. The van der Waals surface area contributed by atoms with Gasteiger partial charge in [-0.1, -0.05) is 0 Å². The van der Waals surface area contributed by atoms with Gasteiger partial charge in [0.05, 0.1) is 4.92 Å². The lowest BCUT2D eigenvalue weighted by Crippen LogP contribution is -2.44. The minimum Gasteiger partial charge on any atom is -0.504 e. The minimum absolute atomic E-state index is 0.0488. The molecule has 0 aliphatic carbocycles. The highest BCUT2D eigenvalue weighted by Crippen LogP contribution is 2.38. The Morgan fingerprint density at radius 3 is 2.58 bits per heavy atom. The Morgan fingerprint density at radius 2 is 2.00 bits per heavy atom. The topological polar surface area (TPSA) is 98.9 Å². The zero-order valence-corrected chi connectivity index (χ0v) is 10.7. The maximum atomic E-state index is 10.8. The standard InChI is InChI=1S/C12H17N3O4/c1-8(14-4-2-13-3-5-14)9-6-10(15(18)19)12(17)11(16)7-9/h6-8,13,16-17H,2-5H2,1H3/t8-/m1/s1. The van der Waals surface area contributed by atoms with Gasteiger partial charge in [-0.2, -0.15) is 0 Å². The Bertz CT molecular complexity index is 486. The van der Waals surface area contributed by atoms with E-state index >= 15 is 0 Å². The van der Waals surface area contributed by atoms with Crippen LogP contribution in [0.2, 0.25) is 0 Å². The predicted octanol–water partition coefficient (Wildman–Crippen LogP) is 0.972. The first-order chi connectivity index (χ1) is 9.00. The second-order valence-electron chi connectivity index (χ2n) is 4.63. The zero-order chi connectivity index (χ0) is 14.0. The van der Waals surface area contributed by atoms with Gasteiger partial charge in [-0.05, 0) is 18.6 Å². The van der Waals surface area contributed by atoms with Crippen LogP contribution in [-0.4, -0.2) is 46.2 Å². The smallest absolute Gasteiger partial charge is 0.314 e. The number of piperazine rings is 1. The second kappa shape index (κ2) is 5.41. The van der Waals surface area contributed by atoms with Crippen LogP contribution in [0.1, 0.15) is 18.5 Å². The molecule has 7 nitrogen and oxygen atoms in total. The van der Waals surface area contributed by atoms with Crippen molar-refractivity contribution in [1.82, 2.24) is 10.2 Å². The van der Waals surface area contributed by atoms with Crippen LogP contribution in [0.3, 0.4) is 0 Å². The molecule has 1 aliphatic heterocycles. The molecule has 1 aliphatic rings. The predicted molar refractivity (Wildman–Crippen MR) is 69.3 cm³/mol. The zero-order valence-electron chi connectivity index (χ0n) is 10.7. The number of phenols is 2. The molecule has 19 heavy (non-hydrogen) atoms. The summed E-state index contributed by atoms with van der Waals surface area (Å²) in [5, 5.41) is 33.1. The number of nitrogens with one attached hydrogen (secondary N) is 1. The molecular formula is C12H17N3O4. The number of hydrogen-bond acceptors (Lipinski definition) is 6. The van der Waals surface area contributed by atoms with Crippen molar-refractivity contribution in [3.63, 3.8) is 0 Å². The third-order valence-corrected chi connectivity index (χ3v) is 3.47. The lowest BCUT2D eigenvalue weighted by Gasteiger charge is -2.33. The maximum absolute atomic E-state index is 10.8. The van der Waals surface area contributed by atoms with E-state index in [-0.39, 0.29) is 6.04 Å². The number of phenolic OH excluding ortho intramolecular Hbond substituents is 2. The molecule has 1 fully saturated rings. The molecule has 0 unspecified atom stereocenters. The Morgan fingerprint density at radius 1 is 1.37 bits per heavy atom. The number of aromatic hydroxyl groups is 2. The molecule has 0 bridgehead atoms. The normalized spacial score (nSPS) is 18.2. The molecule has 0 aromatic heterocycles. The van der Waals surface area contributed by atoms with E-state index in [0.717, 1.165) is 26.2 Å². The second-order valence-corrected chi connectivity index (χ2v) is 4.63. The first-order valence-electron chi connectivity index (χ1n) is 6.15. The molecule has 0 saturated carbocycles. The molecular weight excluding hydrogens is 250 g/mol. The summed E-state index contributed by atoms with van der Waals surface area (Å²) in [5.41, 5.74) is 0.167. The van der Waals surface area contributed by atoms with Crippen LogP contribution in [-0.2, 0) is 0 Å². The molecule has 7 heteroatoms. The summed E-state index contributed by atoms with van der Waals surface area (Å²) in [6.45, 7) is 5.36. The average Bonchev–Trinajstić information content (AvgIpc) is 2.41. The summed E-state index contributed by atoms with van der Waals surface area (Å²) in [5.74, 6) is -1.13. The van der Waals surface area contributed by atoms with Crippen molar-refractivity contribution in [3.05, 3.63) is 27.8 Å². The van der Waals surface area contributed by atoms with Crippen LogP contribution in [0.4, 0.5) is 5.69 Å². The first-order valence-corrected chi connectivity index (χ1v) is 6.15. The van der Waals surface area contributed by atoms with Crippen molar-refractivity contribution in [2.24, 2.45) is 0 Å². The van der Waals surface area contributed by atoms with Crippen LogP contribution in [0.5, 0.6) is 11.5 Å². The van der Waals surface area contributed by atoms with E-state index in [1.807, 2.05) is 6.92 Å². The van der Waals surface area contributed by atoms with E-state index in [9.17, 15) is 20.3 Å². The highest BCUT2D eigenvalue weighted by atomic mass is 16.6. The van der Waals surface area contributed by atoms with Crippen molar-refractivity contribution in [1.29, 1.82) is 0 Å². The summed E-state index contributed by atoms with van der Waals surface area (Å²) in [6.07, 6.45) is 0. The molecule has 1 saturated heterocycles. The summed E-state index contributed by atoms with van der Waals surface area (Å²) in [4.78, 5) is 12.3. The van der Waals surface area contributed by atoms with Gasteiger partial charge in [0.2, 0.25) is 5.75 Å². The van der Waals surface area contributed by atoms with Crippen molar-refractivity contribution in [3.8, 4) is 11.5 Å². The quantitative estimate of drug-likeness (QED) is 0.429. The van der Waals surface area contributed by atoms with Crippen LogP contribution >= 0.6 is 0 Å². The van der Waals surface area contributed by atoms with E-state index in [1.165, 1.54) is 12.1 Å². The molecule has 0 radical (unpaired) electrons. The monoisotopic (exact) mass is 267 g/mol. The highest BCUT2D eigenvalue weighted by molar-refractivity contribution is 5.56. The molecule has 0 spiro atoms. The Hall–Kier alpha value is -1.86. The van der Waals surface area contributed by atoms with Gasteiger partial charge in [0.15, 0.2) is 5.75 Å². The number of nitro groups is 1. The summed E-state index contributed by atoms with van der Waals surface area (Å²) < 4.78 is 0. The highest BCUT2D eigenvalue weighted by Gasteiger charge is 2.24. The van der Waals surface area contributed by atoms with Gasteiger partial charge >= 0.3 is 5.69 Å². The first kappa shape index (κ1) is 13.6. The minimum atomic E-state index is -0.691. The molecule has 1 heterocycles. The van der Waals surface area contributed by atoms with Crippen LogP contribution in [0, 0.1) is 10.1 Å². The Balaban J connectivity index is 2.31. The van der Waals surface area contributed by atoms with Gasteiger partial charge < -0.3 is 15.5 Å². The SMILES string of the molecule is C[C@H](c1cc(O)c(O)c([N+](=O)[O-])c1)N1CCNCC1. The molecule has 0 amide bonds. The number of nitro benzene ring substituents is 1. The van der Waals surface area contributed by atoms with Crippen LogP contribution < -0.4 is 5.32 Å². The molecule has 1 aromatic rings. The fourth-order valence-corrected chi connectivity index (χ4v) is 2.29. The van der Waals surface area contributed by atoms with Crippen molar-refractivity contribution < 1.29 is 15.1 Å². The van der Waals surface area contributed by atoms with E-state index in [1.54, 1.807) is 0 Å². The Kier molecular flexibility index (Phi) is 3.87. The lowest BCUT2D eigenvalue weighted by molar-refractivity contribution is -0.386. The summed E-state index contributed by atoms with van der Waals surface area (Å²) in [7, 11) is 0. The number of nitrogens with zero attached hydrogens (tertiary/aromatic N) is 2. The third kappa shape index (κ3) is 2.77. The van der Waals surface area contributed by atoms with Gasteiger partial charge in [-0.25, -0.2) is 0 Å². The summed E-state index contributed by atoms with van der Waals surface area (Å²) >= 11 is 0. The van der Waals surface area contributed by atoms with Gasteiger partial charge in [-0.15, -0.1) is 0 Å². The molecule has 2 rings (SSSR count). The van der Waals surface area contributed by atoms with E-state index in [0.29, 0.717) is 5.56 Å². The fourth-order valence-electron chi connectivity index (χ4n) is 2.29. The largest absolute Gasteiger partial charge is 0.504 e. The fraction of sp³-hybridized carbons (Fsp3) is 0.500. The number of rotatable bonds is 3. The van der Waals surface area contributed by atoms with Crippen molar-refractivity contribution in [2.75, 3.05) is 26.2 Å². The van der Waals surface area contributed by atoms with Gasteiger partial charge in [0.1, 0.15) is 0 Å². The molecule has 1 aromatic carbocycles. The van der Waals surface area contributed by atoms with Crippen LogP contribution in [0.25, 0.3) is 0 Å². The average molecular weight is 267 g/mol. The number of benzene rings is 1. The maximum Gasteiger partial charge on any atom is 0.314 e. The Labute approximate surface area is 110 Å². The van der Waals surface area contributed by atoms with Gasteiger partial charge in [-0.3, -0.25) is 15.0 Å². The van der Waals surface area contributed by atoms with E-state index in [4.69, 9.17) is 0 Å². The van der Waals surface area contributed by atoms with E-state index < -0.39 is 22.1 Å². The van der Waals surface area contributed by atoms with Crippen LogP contribution in [0.15, 0.2) is 12.1 Å². The molecule has 3 N–H and O–H groups in total. The number of hydrogen-bond donors (Lipinski definition) is 3. The van der Waals surface area contributed by atoms with Crippen molar-refractivity contribution in [2.45, 2.75) is 13.0 Å². The van der Waals surface area contributed by atoms with Crippen molar-refractivity contribution >= 4 is 5.69 Å².